The Hall–Kier alpha value is -1.64. The van der Waals surface area contributed by atoms with E-state index in [0.717, 1.165) is 51.6 Å². The van der Waals surface area contributed by atoms with Crippen LogP contribution >= 0.6 is 0 Å². The number of rotatable bonds is 5. The molecule has 8 heteroatoms. The minimum absolute atomic E-state index is 0.0954. The van der Waals surface area contributed by atoms with Crippen LogP contribution in [0.4, 0.5) is 5.69 Å². The normalized spacial score (nSPS) is 23.8. The van der Waals surface area contributed by atoms with Crippen molar-refractivity contribution in [2.75, 3.05) is 51.2 Å². The number of benzene rings is 1. The van der Waals surface area contributed by atoms with Gasteiger partial charge in [-0.3, -0.25) is 4.79 Å². The molecule has 33 heavy (non-hydrogen) atoms. The van der Waals surface area contributed by atoms with E-state index in [9.17, 15) is 13.2 Å². The maximum absolute atomic E-state index is 13.3. The number of carbonyl (C=O) groups excluding carboxylic acids is 1. The lowest BCUT2D eigenvalue weighted by Crippen LogP contribution is -2.55. The van der Waals surface area contributed by atoms with Crippen molar-refractivity contribution in [1.29, 1.82) is 0 Å². The lowest BCUT2D eigenvalue weighted by atomic mass is 9.96. The van der Waals surface area contributed by atoms with Gasteiger partial charge >= 0.3 is 0 Å². The van der Waals surface area contributed by atoms with E-state index in [2.05, 4.69) is 36.9 Å². The maximum Gasteiger partial charge on any atom is 0.281 e. The number of nitrogens with zero attached hydrogens (tertiary/aromatic N) is 4. The summed E-state index contributed by atoms with van der Waals surface area (Å²) in [6, 6.07) is 6.48. The summed E-state index contributed by atoms with van der Waals surface area (Å²) in [5.41, 5.74) is 3.84. The van der Waals surface area contributed by atoms with E-state index in [-0.39, 0.29) is 17.9 Å². The Morgan fingerprint density at radius 1 is 0.939 bits per heavy atom. The Morgan fingerprint density at radius 2 is 1.64 bits per heavy atom. The van der Waals surface area contributed by atoms with E-state index in [1.54, 1.807) is 15.7 Å². The minimum Gasteiger partial charge on any atom is -0.368 e. The number of hydrogen-bond donors (Lipinski definition) is 0. The van der Waals surface area contributed by atoms with Gasteiger partial charge in [-0.15, -0.1) is 0 Å². The Bertz CT molecular complexity index is 937. The molecule has 7 nitrogen and oxygen atoms in total. The Kier molecular flexibility index (Phi) is 7.66. The molecule has 0 aromatic heterocycles. The molecule has 2 heterocycles. The summed E-state index contributed by atoms with van der Waals surface area (Å²) in [6.07, 6.45) is 6.79. The molecule has 2 saturated heterocycles. The monoisotopic (exact) mass is 476 g/mol. The van der Waals surface area contributed by atoms with Crippen molar-refractivity contribution in [1.82, 2.24) is 13.5 Å². The predicted octanol–water partition coefficient (Wildman–Crippen LogP) is 3.17. The average Bonchev–Trinajstić information content (AvgIpc) is 2.85. The number of carbonyl (C=O) groups is 1. The largest absolute Gasteiger partial charge is 0.368 e. The van der Waals surface area contributed by atoms with Gasteiger partial charge in [-0.25, -0.2) is 0 Å². The fourth-order valence-electron chi connectivity index (χ4n) is 5.67. The molecule has 0 spiro atoms. The van der Waals surface area contributed by atoms with Gasteiger partial charge in [0.2, 0.25) is 5.91 Å². The van der Waals surface area contributed by atoms with Crippen molar-refractivity contribution in [2.45, 2.75) is 64.8 Å². The van der Waals surface area contributed by atoms with Crippen LogP contribution in [0.15, 0.2) is 18.2 Å². The molecule has 2 aliphatic heterocycles. The lowest BCUT2D eigenvalue weighted by Gasteiger charge is -2.41. The molecule has 1 unspecified atom stereocenters. The summed E-state index contributed by atoms with van der Waals surface area (Å²) in [7, 11) is -1.80. The van der Waals surface area contributed by atoms with Gasteiger partial charge in [0, 0.05) is 58.0 Å². The van der Waals surface area contributed by atoms with Crippen LogP contribution in [0.1, 0.15) is 56.1 Å². The molecule has 1 saturated carbocycles. The second-order valence-electron chi connectivity index (χ2n) is 10.0. The van der Waals surface area contributed by atoms with Crippen LogP contribution in [-0.4, -0.2) is 80.2 Å². The highest BCUT2D eigenvalue weighted by atomic mass is 32.2. The van der Waals surface area contributed by atoms with Crippen LogP contribution in [0.5, 0.6) is 0 Å². The number of anilines is 1. The van der Waals surface area contributed by atoms with Crippen molar-refractivity contribution in [2.24, 2.45) is 5.92 Å². The van der Waals surface area contributed by atoms with E-state index >= 15 is 0 Å². The van der Waals surface area contributed by atoms with Crippen LogP contribution in [0.3, 0.4) is 0 Å². The maximum atomic E-state index is 13.3. The summed E-state index contributed by atoms with van der Waals surface area (Å²) < 4.78 is 29.8. The molecular formula is C25H40N4O3S. The number of piperidine rings is 1. The highest BCUT2D eigenvalue weighted by Gasteiger charge is 2.38. The zero-order chi connectivity index (χ0) is 23.6. The van der Waals surface area contributed by atoms with Crippen molar-refractivity contribution < 1.29 is 13.2 Å². The highest BCUT2D eigenvalue weighted by Crippen LogP contribution is 2.29. The summed E-state index contributed by atoms with van der Waals surface area (Å²) >= 11 is 0. The number of amides is 1. The molecule has 3 fully saturated rings. The second kappa shape index (κ2) is 10.3. The Morgan fingerprint density at radius 3 is 2.33 bits per heavy atom. The van der Waals surface area contributed by atoms with Gasteiger partial charge in [0.1, 0.15) is 0 Å². The summed E-state index contributed by atoms with van der Waals surface area (Å²) in [6.45, 7) is 8.13. The summed E-state index contributed by atoms with van der Waals surface area (Å²) in [5, 5.41) is 0. The summed E-state index contributed by atoms with van der Waals surface area (Å²) in [5.74, 6) is -0.114. The van der Waals surface area contributed by atoms with Gasteiger partial charge in [0.05, 0.1) is 5.92 Å². The average molecular weight is 477 g/mol. The molecule has 0 N–H and O–H groups in total. The molecule has 0 bridgehead atoms. The third-order valence-corrected chi connectivity index (χ3v) is 10.0. The molecular weight excluding hydrogens is 436 g/mol. The fraction of sp³-hybridized carbons (Fsp3) is 0.720. The first-order valence-corrected chi connectivity index (χ1v) is 14.0. The molecule has 4 rings (SSSR count). The first-order valence-electron chi connectivity index (χ1n) is 12.6. The first-order chi connectivity index (χ1) is 15.8. The molecule has 1 atom stereocenters. The van der Waals surface area contributed by atoms with E-state index in [1.165, 1.54) is 23.2 Å². The van der Waals surface area contributed by atoms with Gasteiger partial charge < -0.3 is 9.80 Å². The summed E-state index contributed by atoms with van der Waals surface area (Å²) in [4.78, 5) is 17.6. The molecule has 1 aliphatic carbocycles. The third kappa shape index (κ3) is 5.23. The van der Waals surface area contributed by atoms with Crippen LogP contribution in [0.2, 0.25) is 0 Å². The second-order valence-corrected chi connectivity index (χ2v) is 12.0. The quantitative estimate of drug-likeness (QED) is 0.655. The van der Waals surface area contributed by atoms with Crippen molar-refractivity contribution in [3.63, 3.8) is 0 Å². The van der Waals surface area contributed by atoms with Crippen LogP contribution in [0.25, 0.3) is 0 Å². The van der Waals surface area contributed by atoms with Gasteiger partial charge in [0.15, 0.2) is 0 Å². The number of hydrogen-bond acceptors (Lipinski definition) is 4. The molecule has 3 aliphatic rings. The van der Waals surface area contributed by atoms with Crippen molar-refractivity contribution in [3.8, 4) is 0 Å². The topological polar surface area (TPSA) is 64.2 Å². The van der Waals surface area contributed by atoms with Crippen LogP contribution in [-0.2, 0) is 15.0 Å². The minimum atomic E-state index is -3.52. The molecule has 1 aromatic rings. The highest BCUT2D eigenvalue weighted by molar-refractivity contribution is 7.86. The van der Waals surface area contributed by atoms with Gasteiger partial charge in [0.25, 0.3) is 10.2 Å². The third-order valence-electron chi connectivity index (χ3n) is 8.02. The van der Waals surface area contributed by atoms with Crippen molar-refractivity contribution >= 4 is 21.8 Å². The van der Waals surface area contributed by atoms with E-state index in [4.69, 9.17) is 0 Å². The van der Waals surface area contributed by atoms with Crippen molar-refractivity contribution in [3.05, 3.63) is 29.3 Å². The Balaban J connectivity index is 1.35. The molecule has 0 radical (unpaired) electrons. The SMILES string of the molecule is Cc1cccc(N2CCN(C(=O)C3CCCN(S(=O)(=O)N(C)C4CCCCC4)C3)CC2)c1C. The Labute approximate surface area is 199 Å². The lowest BCUT2D eigenvalue weighted by molar-refractivity contribution is -0.137. The zero-order valence-corrected chi connectivity index (χ0v) is 21.3. The zero-order valence-electron chi connectivity index (χ0n) is 20.5. The molecule has 1 aromatic carbocycles. The van der Waals surface area contributed by atoms with E-state index in [0.29, 0.717) is 26.2 Å². The smallest absolute Gasteiger partial charge is 0.281 e. The number of piperazine rings is 1. The van der Waals surface area contributed by atoms with Crippen LogP contribution in [0, 0.1) is 19.8 Å². The fourth-order valence-corrected chi connectivity index (χ4v) is 7.35. The standard InChI is InChI=1S/C25H40N4O3S/c1-20-9-7-13-24(21(20)2)27-15-17-28(18-16-27)25(30)22-10-8-14-29(19-22)33(31,32)26(3)23-11-5-4-6-12-23/h7,9,13,22-23H,4-6,8,10-12,14-19H2,1-3H3. The van der Waals surface area contributed by atoms with Gasteiger partial charge in [-0.05, 0) is 56.7 Å². The predicted molar refractivity (Wildman–Crippen MR) is 133 cm³/mol. The molecule has 184 valence electrons. The van der Waals surface area contributed by atoms with E-state index < -0.39 is 10.2 Å². The van der Waals surface area contributed by atoms with E-state index in [1.807, 2.05) is 4.90 Å². The van der Waals surface area contributed by atoms with Gasteiger partial charge in [-0.1, -0.05) is 31.4 Å². The van der Waals surface area contributed by atoms with Gasteiger partial charge in [-0.2, -0.15) is 17.0 Å². The van der Waals surface area contributed by atoms with Crippen LogP contribution < -0.4 is 4.90 Å². The number of aryl methyl sites for hydroxylation is 1. The molecule has 1 amide bonds. The first kappa shape index (κ1) is 24.5.